The maximum atomic E-state index is 14.1. The van der Waals surface area contributed by atoms with Crippen LogP contribution in [0.5, 0.6) is 0 Å². The number of nitrogens with two attached hydrogens (primary N) is 1. The fraction of sp³-hybridized carbons (Fsp3) is 1.00. The quantitative estimate of drug-likeness (QED) is 0.710. The number of hydrogen-bond donors (Lipinski definition) is 1. The third kappa shape index (κ3) is 2.41. The lowest BCUT2D eigenvalue weighted by Crippen LogP contribution is -2.49. The van der Waals surface area contributed by atoms with E-state index in [0.29, 0.717) is 0 Å². The number of hydrogen-bond acceptors (Lipinski definition) is 2. The molecular weight excluding hydrogens is 167 g/mol. The van der Waals surface area contributed by atoms with Crippen LogP contribution in [0.1, 0.15) is 26.7 Å². The summed E-state index contributed by atoms with van der Waals surface area (Å²) in [5.74, 6) is 0.142. The molecule has 0 aromatic carbocycles. The predicted molar refractivity (Wildman–Crippen MR) is 53.4 cm³/mol. The van der Waals surface area contributed by atoms with Crippen molar-refractivity contribution in [3.8, 4) is 0 Å². The standard InChI is InChI=1S/C10H21FN2/c1-8(12)10(2,11)9-4-6-13(3)7-5-9/h8-9H,4-7,12H2,1-3H3. The SMILES string of the molecule is CC(N)C(C)(F)C1CCN(C)CC1. The Labute approximate surface area is 80.3 Å². The third-order valence-electron chi connectivity index (χ3n) is 3.41. The lowest BCUT2D eigenvalue weighted by Gasteiger charge is -2.38. The normalized spacial score (nSPS) is 28.4. The van der Waals surface area contributed by atoms with Crippen LogP contribution in [0.4, 0.5) is 4.39 Å². The van der Waals surface area contributed by atoms with Gasteiger partial charge in [0.25, 0.3) is 0 Å². The van der Waals surface area contributed by atoms with Gasteiger partial charge in [-0.2, -0.15) is 0 Å². The predicted octanol–water partition coefficient (Wildman–Crippen LogP) is 1.40. The molecule has 0 aromatic heterocycles. The van der Waals surface area contributed by atoms with Gasteiger partial charge in [0, 0.05) is 6.04 Å². The van der Waals surface area contributed by atoms with Gasteiger partial charge in [0.15, 0.2) is 0 Å². The number of halogens is 1. The first-order valence-electron chi connectivity index (χ1n) is 5.07. The van der Waals surface area contributed by atoms with Crippen LogP contribution < -0.4 is 5.73 Å². The third-order valence-corrected chi connectivity index (χ3v) is 3.41. The maximum absolute atomic E-state index is 14.1. The average molecular weight is 188 g/mol. The zero-order chi connectivity index (χ0) is 10.1. The molecule has 0 spiro atoms. The van der Waals surface area contributed by atoms with Crippen molar-refractivity contribution in [2.45, 2.75) is 38.4 Å². The molecule has 2 nitrogen and oxygen atoms in total. The van der Waals surface area contributed by atoms with Crippen LogP contribution in [-0.2, 0) is 0 Å². The summed E-state index contributed by atoms with van der Waals surface area (Å²) in [5, 5.41) is 0. The van der Waals surface area contributed by atoms with Crippen LogP contribution in [0.15, 0.2) is 0 Å². The molecule has 0 aromatic rings. The first-order chi connectivity index (χ1) is 5.94. The van der Waals surface area contributed by atoms with E-state index >= 15 is 0 Å². The Kier molecular flexibility index (Phi) is 3.30. The van der Waals surface area contributed by atoms with Crippen LogP contribution in [0, 0.1) is 5.92 Å². The van der Waals surface area contributed by atoms with E-state index in [4.69, 9.17) is 5.73 Å². The largest absolute Gasteiger partial charge is 0.325 e. The topological polar surface area (TPSA) is 29.3 Å². The summed E-state index contributed by atoms with van der Waals surface area (Å²) in [5.41, 5.74) is 4.45. The Morgan fingerprint density at radius 1 is 1.46 bits per heavy atom. The van der Waals surface area contributed by atoms with E-state index in [2.05, 4.69) is 11.9 Å². The second-order valence-electron chi connectivity index (χ2n) is 4.52. The molecule has 2 unspecified atom stereocenters. The minimum atomic E-state index is -1.19. The number of rotatable bonds is 2. The smallest absolute Gasteiger partial charge is 0.125 e. The summed E-state index contributed by atoms with van der Waals surface area (Å²) in [6, 6.07) is -0.360. The minimum Gasteiger partial charge on any atom is -0.325 e. The molecule has 1 aliphatic heterocycles. The van der Waals surface area contributed by atoms with Gasteiger partial charge in [-0.15, -0.1) is 0 Å². The van der Waals surface area contributed by atoms with E-state index in [1.54, 1.807) is 13.8 Å². The Morgan fingerprint density at radius 2 is 1.92 bits per heavy atom. The van der Waals surface area contributed by atoms with Crippen molar-refractivity contribution in [1.82, 2.24) is 4.90 Å². The zero-order valence-electron chi connectivity index (χ0n) is 8.89. The van der Waals surface area contributed by atoms with E-state index in [1.165, 1.54) is 0 Å². The van der Waals surface area contributed by atoms with Gasteiger partial charge in [-0.05, 0) is 52.7 Å². The summed E-state index contributed by atoms with van der Waals surface area (Å²) in [6.45, 7) is 5.40. The van der Waals surface area contributed by atoms with Crippen LogP contribution in [0.3, 0.4) is 0 Å². The van der Waals surface area contributed by atoms with Gasteiger partial charge in [-0.1, -0.05) is 0 Å². The summed E-state index contributed by atoms with van der Waals surface area (Å²) >= 11 is 0. The highest BCUT2D eigenvalue weighted by Gasteiger charge is 2.38. The van der Waals surface area contributed by atoms with E-state index < -0.39 is 5.67 Å². The highest BCUT2D eigenvalue weighted by Crippen LogP contribution is 2.32. The van der Waals surface area contributed by atoms with Crippen LogP contribution in [0.25, 0.3) is 0 Å². The highest BCUT2D eigenvalue weighted by atomic mass is 19.1. The summed E-state index contributed by atoms with van der Waals surface area (Å²) in [7, 11) is 2.08. The van der Waals surface area contributed by atoms with E-state index in [-0.39, 0.29) is 12.0 Å². The molecule has 78 valence electrons. The molecule has 1 heterocycles. The molecule has 0 aliphatic carbocycles. The lowest BCUT2D eigenvalue weighted by atomic mass is 9.79. The maximum Gasteiger partial charge on any atom is 0.125 e. The minimum absolute atomic E-state index is 0.142. The Balaban J connectivity index is 2.52. The Morgan fingerprint density at radius 3 is 2.31 bits per heavy atom. The van der Waals surface area contributed by atoms with Crippen molar-refractivity contribution in [2.24, 2.45) is 11.7 Å². The molecular formula is C10H21FN2. The van der Waals surface area contributed by atoms with Crippen molar-refractivity contribution in [3.05, 3.63) is 0 Å². The van der Waals surface area contributed by atoms with E-state index in [9.17, 15) is 4.39 Å². The fourth-order valence-electron chi connectivity index (χ4n) is 1.94. The van der Waals surface area contributed by atoms with Crippen molar-refractivity contribution in [2.75, 3.05) is 20.1 Å². The van der Waals surface area contributed by atoms with Gasteiger partial charge in [-0.25, -0.2) is 4.39 Å². The molecule has 0 amide bonds. The highest BCUT2D eigenvalue weighted by molar-refractivity contribution is 4.92. The first kappa shape index (κ1) is 10.9. The molecule has 1 aliphatic rings. The number of piperidine rings is 1. The van der Waals surface area contributed by atoms with Crippen molar-refractivity contribution >= 4 is 0 Å². The van der Waals surface area contributed by atoms with Crippen molar-refractivity contribution in [1.29, 1.82) is 0 Å². The summed E-state index contributed by atoms with van der Waals surface area (Å²) < 4.78 is 14.1. The molecule has 3 heteroatoms. The summed E-state index contributed by atoms with van der Waals surface area (Å²) in [6.07, 6.45) is 1.87. The number of nitrogens with zero attached hydrogens (tertiary/aromatic N) is 1. The Bertz CT molecular complexity index is 160. The molecule has 0 radical (unpaired) electrons. The lowest BCUT2D eigenvalue weighted by molar-refractivity contribution is 0.0371. The molecule has 0 saturated carbocycles. The monoisotopic (exact) mass is 188 g/mol. The van der Waals surface area contributed by atoms with Gasteiger partial charge in [0.05, 0.1) is 0 Å². The molecule has 13 heavy (non-hydrogen) atoms. The fourth-order valence-corrected chi connectivity index (χ4v) is 1.94. The Hall–Kier alpha value is -0.150. The summed E-state index contributed by atoms with van der Waals surface area (Å²) in [4.78, 5) is 2.24. The zero-order valence-corrected chi connectivity index (χ0v) is 8.89. The van der Waals surface area contributed by atoms with Crippen LogP contribution in [-0.4, -0.2) is 36.7 Å². The second kappa shape index (κ2) is 3.93. The van der Waals surface area contributed by atoms with Gasteiger partial charge >= 0.3 is 0 Å². The average Bonchev–Trinajstić information content (AvgIpc) is 2.04. The molecule has 0 bridgehead atoms. The molecule has 1 saturated heterocycles. The van der Waals surface area contributed by atoms with Crippen LogP contribution in [0.2, 0.25) is 0 Å². The van der Waals surface area contributed by atoms with Crippen LogP contribution >= 0.6 is 0 Å². The first-order valence-corrected chi connectivity index (χ1v) is 5.07. The van der Waals surface area contributed by atoms with Gasteiger partial charge < -0.3 is 10.6 Å². The van der Waals surface area contributed by atoms with Crippen molar-refractivity contribution < 1.29 is 4.39 Å². The molecule has 2 atom stereocenters. The molecule has 2 N–H and O–H groups in total. The number of likely N-dealkylation sites (tertiary alicyclic amines) is 1. The van der Waals surface area contributed by atoms with Gasteiger partial charge in [0.1, 0.15) is 5.67 Å². The van der Waals surface area contributed by atoms with Gasteiger partial charge in [0.2, 0.25) is 0 Å². The molecule has 1 fully saturated rings. The van der Waals surface area contributed by atoms with E-state index in [0.717, 1.165) is 25.9 Å². The second-order valence-corrected chi connectivity index (χ2v) is 4.52. The van der Waals surface area contributed by atoms with E-state index in [1.807, 2.05) is 0 Å². The number of alkyl halides is 1. The molecule has 1 rings (SSSR count). The van der Waals surface area contributed by atoms with Crippen molar-refractivity contribution in [3.63, 3.8) is 0 Å². The van der Waals surface area contributed by atoms with Gasteiger partial charge in [-0.3, -0.25) is 0 Å².